The van der Waals surface area contributed by atoms with Gasteiger partial charge in [-0.15, -0.1) is 0 Å². The standard InChI is InChI=1S/C22H29N5O3S/c1-4-15(21(29)25-14-9-5-6-10-14)27(16-11-7-8-12(2)13(16)3)22(30)19-17(23)18(20(24)28)26-31-19/h7-8,11,14-15H,4-6,9-10,23H2,1-3H3,(H2,24,28)(H,25,29). The van der Waals surface area contributed by atoms with Crippen LogP contribution in [0, 0.1) is 13.8 Å². The van der Waals surface area contributed by atoms with Crippen LogP contribution in [0.5, 0.6) is 0 Å². The van der Waals surface area contributed by atoms with Crippen LogP contribution in [0.25, 0.3) is 0 Å². The van der Waals surface area contributed by atoms with Gasteiger partial charge in [-0.05, 0) is 61.8 Å². The predicted octanol–water partition coefficient (Wildman–Crippen LogP) is 2.93. The maximum atomic E-state index is 13.7. The van der Waals surface area contributed by atoms with Gasteiger partial charge in [-0.3, -0.25) is 19.3 Å². The Hall–Kier alpha value is -2.94. The molecule has 0 saturated heterocycles. The van der Waals surface area contributed by atoms with Crippen molar-refractivity contribution in [3.05, 3.63) is 39.9 Å². The highest BCUT2D eigenvalue weighted by molar-refractivity contribution is 7.09. The first-order valence-electron chi connectivity index (χ1n) is 10.5. The SMILES string of the molecule is CCC(C(=O)NC1CCCC1)N(C(=O)c1snc(C(N)=O)c1N)c1cccc(C)c1C. The minimum Gasteiger partial charge on any atom is -0.395 e. The maximum Gasteiger partial charge on any atom is 0.272 e. The van der Waals surface area contributed by atoms with E-state index in [9.17, 15) is 14.4 Å². The molecule has 3 rings (SSSR count). The molecular formula is C22H29N5O3S. The van der Waals surface area contributed by atoms with E-state index in [0.29, 0.717) is 12.1 Å². The third kappa shape index (κ3) is 4.56. The fourth-order valence-electron chi connectivity index (χ4n) is 4.01. The smallest absolute Gasteiger partial charge is 0.272 e. The Bertz CT molecular complexity index is 997. The number of hydrogen-bond acceptors (Lipinski definition) is 6. The van der Waals surface area contributed by atoms with Gasteiger partial charge in [0.25, 0.3) is 11.8 Å². The number of aromatic nitrogens is 1. The number of benzene rings is 1. The monoisotopic (exact) mass is 443 g/mol. The number of nitrogen functional groups attached to an aromatic ring is 1. The molecule has 3 amide bonds. The van der Waals surface area contributed by atoms with E-state index in [1.54, 1.807) is 0 Å². The van der Waals surface area contributed by atoms with E-state index < -0.39 is 17.9 Å². The van der Waals surface area contributed by atoms with Crippen LogP contribution in [0.2, 0.25) is 0 Å². The number of amides is 3. The Morgan fingerprint density at radius 3 is 2.52 bits per heavy atom. The highest BCUT2D eigenvalue weighted by atomic mass is 32.1. The lowest BCUT2D eigenvalue weighted by molar-refractivity contribution is -0.123. The summed E-state index contributed by atoms with van der Waals surface area (Å²) in [6.07, 6.45) is 4.50. The van der Waals surface area contributed by atoms with Crippen molar-refractivity contribution in [3.63, 3.8) is 0 Å². The molecule has 1 aliphatic rings. The molecule has 1 fully saturated rings. The molecule has 2 aromatic rings. The van der Waals surface area contributed by atoms with Crippen LogP contribution in [0.15, 0.2) is 18.2 Å². The van der Waals surface area contributed by atoms with Gasteiger partial charge in [-0.25, -0.2) is 0 Å². The molecule has 1 unspecified atom stereocenters. The van der Waals surface area contributed by atoms with Crippen molar-refractivity contribution in [1.29, 1.82) is 0 Å². The summed E-state index contributed by atoms with van der Waals surface area (Å²) >= 11 is 0.819. The number of nitrogens with zero attached hydrogens (tertiary/aromatic N) is 2. The van der Waals surface area contributed by atoms with Crippen LogP contribution in [0.3, 0.4) is 0 Å². The van der Waals surface area contributed by atoms with Crippen molar-refractivity contribution in [2.75, 3.05) is 10.6 Å². The Labute approximate surface area is 186 Å². The minimum absolute atomic E-state index is 0.0520. The van der Waals surface area contributed by atoms with Gasteiger partial charge in [0.05, 0.1) is 5.69 Å². The Kier molecular flexibility index (Phi) is 6.94. The average Bonchev–Trinajstić information content (AvgIpc) is 3.37. The Morgan fingerprint density at radius 1 is 1.26 bits per heavy atom. The number of carbonyl (C=O) groups is 3. The molecule has 31 heavy (non-hydrogen) atoms. The van der Waals surface area contributed by atoms with Gasteiger partial charge in [0.2, 0.25) is 5.91 Å². The molecule has 1 aromatic heterocycles. The normalized spacial score (nSPS) is 14.9. The van der Waals surface area contributed by atoms with Crippen LogP contribution in [0.4, 0.5) is 11.4 Å². The summed E-state index contributed by atoms with van der Waals surface area (Å²) in [6.45, 7) is 5.74. The third-order valence-electron chi connectivity index (χ3n) is 5.91. The summed E-state index contributed by atoms with van der Waals surface area (Å²) in [5, 5.41) is 3.11. The summed E-state index contributed by atoms with van der Waals surface area (Å²) in [6, 6.07) is 5.02. The fourth-order valence-corrected chi connectivity index (χ4v) is 4.75. The summed E-state index contributed by atoms with van der Waals surface area (Å²) < 4.78 is 3.96. The highest BCUT2D eigenvalue weighted by Crippen LogP contribution is 2.31. The van der Waals surface area contributed by atoms with Gasteiger partial charge in [-0.2, -0.15) is 4.37 Å². The molecule has 5 N–H and O–H groups in total. The van der Waals surface area contributed by atoms with Gasteiger partial charge >= 0.3 is 0 Å². The second-order valence-corrected chi connectivity index (χ2v) is 8.72. The maximum absolute atomic E-state index is 13.7. The molecular weight excluding hydrogens is 414 g/mol. The zero-order valence-electron chi connectivity index (χ0n) is 18.1. The number of anilines is 2. The minimum atomic E-state index is -0.794. The topological polar surface area (TPSA) is 131 Å². The molecule has 8 nitrogen and oxygen atoms in total. The van der Waals surface area contributed by atoms with Crippen molar-refractivity contribution >= 4 is 40.6 Å². The summed E-state index contributed by atoms with van der Waals surface area (Å²) in [5.74, 6) is -1.46. The first-order chi connectivity index (χ1) is 14.8. The molecule has 1 atom stereocenters. The van der Waals surface area contributed by atoms with Gasteiger partial charge in [-0.1, -0.05) is 31.9 Å². The van der Waals surface area contributed by atoms with E-state index in [1.165, 1.54) is 4.90 Å². The van der Waals surface area contributed by atoms with Crippen LogP contribution in [-0.4, -0.2) is 34.2 Å². The predicted molar refractivity (Wildman–Crippen MR) is 122 cm³/mol. The molecule has 166 valence electrons. The van der Waals surface area contributed by atoms with Gasteiger partial charge < -0.3 is 16.8 Å². The second kappa shape index (κ2) is 9.47. The van der Waals surface area contributed by atoms with Gasteiger partial charge in [0.1, 0.15) is 10.9 Å². The summed E-state index contributed by atoms with van der Waals surface area (Å²) in [7, 11) is 0. The number of carbonyl (C=O) groups excluding carboxylic acids is 3. The zero-order chi connectivity index (χ0) is 22.7. The molecule has 0 bridgehead atoms. The largest absolute Gasteiger partial charge is 0.395 e. The summed E-state index contributed by atoms with van der Waals surface area (Å²) in [4.78, 5) is 40.1. The van der Waals surface area contributed by atoms with Crippen molar-refractivity contribution in [2.24, 2.45) is 5.73 Å². The number of rotatable bonds is 7. The molecule has 9 heteroatoms. The van der Waals surface area contributed by atoms with E-state index in [-0.39, 0.29) is 28.2 Å². The number of nitrogens with two attached hydrogens (primary N) is 2. The van der Waals surface area contributed by atoms with Crippen molar-refractivity contribution in [2.45, 2.75) is 65.0 Å². The van der Waals surface area contributed by atoms with Gasteiger partial charge in [0, 0.05) is 11.7 Å². The quantitative estimate of drug-likeness (QED) is 0.605. The zero-order valence-corrected chi connectivity index (χ0v) is 18.9. The number of aryl methyl sites for hydroxylation is 1. The number of primary amides is 1. The van der Waals surface area contributed by atoms with Crippen molar-refractivity contribution in [3.8, 4) is 0 Å². The van der Waals surface area contributed by atoms with E-state index in [2.05, 4.69) is 9.69 Å². The van der Waals surface area contributed by atoms with Crippen LogP contribution in [0.1, 0.15) is 70.3 Å². The second-order valence-electron chi connectivity index (χ2n) is 7.95. The Balaban J connectivity index is 2.05. The molecule has 1 aliphatic carbocycles. The lowest BCUT2D eigenvalue weighted by atomic mass is 10.0. The Morgan fingerprint density at radius 2 is 1.94 bits per heavy atom. The van der Waals surface area contributed by atoms with Crippen molar-refractivity contribution in [1.82, 2.24) is 9.69 Å². The molecule has 0 spiro atoms. The number of hydrogen-bond donors (Lipinski definition) is 3. The van der Waals surface area contributed by atoms with Crippen LogP contribution in [-0.2, 0) is 4.79 Å². The molecule has 1 saturated carbocycles. The van der Waals surface area contributed by atoms with E-state index in [4.69, 9.17) is 11.5 Å². The lowest BCUT2D eigenvalue weighted by Gasteiger charge is -2.32. The van der Waals surface area contributed by atoms with E-state index in [1.807, 2.05) is 39.0 Å². The van der Waals surface area contributed by atoms with Gasteiger partial charge in [0.15, 0.2) is 5.69 Å². The van der Waals surface area contributed by atoms with Crippen LogP contribution < -0.4 is 21.7 Å². The first kappa shape index (κ1) is 22.7. The van der Waals surface area contributed by atoms with E-state index >= 15 is 0 Å². The molecule has 0 radical (unpaired) electrons. The molecule has 1 aromatic carbocycles. The number of nitrogens with one attached hydrogen (secondary N) is 1. The van der Waals surface area contributed by atoms with E-state index in [0.717, 1.165) is 48.3 Å². The highest BCUT2D eigenvalue weighted by Gasteiger charge is 2.35. The first-order valence-corrected chi connectivity index (χ1v) is 11.3. The summed E-state index contributed by atoms with van der Waals surface area (Å²) in [5.41, 5.74) is 13.7. The molecule has 0 aliphatic heterocycles. The average molecular weight is 444 g/mol. The third-order valence-corrected chi connectivity index (χ3v) is 6.76. The molecule has 1 heterocycles. The lowest BCUT2D eigenvalue weighted by Crippen LogP contribution is -2.51. The van der Waals surface area contributed by atoms with Crippen LogP contribution >= 0.6 is 11.5 Å². The fraction of sp³-hybridized carbons (Fsp3) is 0.455. The van der Waals surface area contributed by atoms with Crippen molar-refractivity contribution < 1.29 is 14.4 Å².